The maximum atomic E-state index is 5.76. The van der Waals surface area contributed by atoms with Gasteiger partial charge < -0.3 is 2.85 Å². The Kier molecular flexibility index (Phi) is 5.92. The Hall–Kier alpha value is 0.856. The fourth-order valence-electron chi connectivity index (χ4n) is 0.660. The van der Waals surface area contributed by atoms with E-state index in [2.05, 4.69) is 0 Å². The van der Waals surface area contributed by atoms with Gasteiger partial charge >= 0.3 is 23.1 Å². The zero-order valence-electron chi connectivity index (χ0n) is 7.78. The van der Waals surface area contributed by atoms with Crippen LogP contribution in [0.3, 0.4) is 0 Å². The summed E-state index contributed by atoms with van der Waals surface area (Å²) in [5.74, 6) is 0.360. The summed E-state index contributed by atoms with van der Waals surface area (Å²) in [6.45, 7) is 0. The Morgan fingerprint density at radius 2 is 1.64 bits per heavy atom. The Morgan fingerprint density at radius 3 is 1.91 bits per heavy atom. The first kappa shape index (κ1) is 11.9. The summed E-state index contributed by atoms with van der Waals surface area (Å²) in [5.41, 5.74) is 0.799. The molecule has 0 heterocycles. The smallest absolute Gasteiger partial charge is 1.00 e. The molecular formula is C7H7Cl3Mg. The van der Waals surface area contributed by atoms with Crippen molar-refractivity contribution in [1.29, 1.82) is 0 Å². The molecule has 0 aliphatic carbocycles. The number of halogens is 3. The Labute approximate surface area is 99.9 Å². The first-order valence-electron chi connectivity index (χ1n) is 2.74. The van der Waals surface area contributed by atoms with Gasteiger partial charge in [-0.25, -0.2) is 0 Å². The van der Waals surface area contributed by atoms with Crippen LogP contribution in [-0.4, -0.2) is 23.1 Å². The van der Waals surface area contributed by atoms with Gasteiger partial charge in [-0.2, -0.15) is 0 Å². The van der Waals surface area contributed by atoms with E-state index in [9.17, 15) is 0 Å². The van der Waals surface area contributed by atoms with E-state index in [-0.39, 0.29) is 25.9 Å². The second-order valence-corrected chi connectivity index (χ2v) is 2.92. The molecule has 1 aromatic carbocycles. The van der Waals surface area contributed by atoms with Crippen molar-refractivity contribution >= 4 is 57.9 Å². The predicted molar refractivity (Wildman–Crippen MR) is 54.0 cm³/mol. The van der Waals surface area contributed by atoms with Crippen molar-refractivity contribution in [3.05, 3.63) is 33.8 Å². The van der Waals surface area contributed by atoms with Gasteiger partial charge in [-0.3, -0.25) is 0 Å². The van der Waals surface area contributed by atoms with Crippen molar-refractivity contribution in [2.75, 3.05) is 0 Å². The van der Waals surface area contributed by atoms with Gasteiger partial charge in [-0.05, 0) is 12.1 Å². The quantitative estimate of drug-likeness (QED) is 0.503. The summed E-state index contributed by atoms with van der Waals surface area (Å²) < 4.78 is 0. The number of rotatable bonds is 1. The van der Waals surface area contributed by atoms with E-state index >= 15 is 0 Å². The van der Waals surface area contributed by atoms with Crippen LogP contribution in [0.1, 0.15) is 8.42 Å². The zero-order valence-corrected chi connectivity index (χ0v) is 9.46. The van der Waals surface area contributed by atoms with E-state index in [0.29, 0.717) is 15.9 Å². The second kappa shape index (κ2) is 5.49. The third-order valence-corrected chi connectivity index (χ3v) is 2.17. The minimum Gasteiger partial charge on any atom is -1.00 e. The number of benzene rings is 1. The molecule has 0 nitrogen and oxygen atoms in total. The van der Waals surface area contributed by atoms with Gasteiger partial charge in [-0.1, -0.05) is 29.3 Å². The van der Waals surface area contributed by atoms with Crippen molar-refractivity contribution in [2.45, 2.75) is 5.88 Å². The zero-order chi connectivity index (χ0) is 7.56. The van der Waals surface area contributed by atoms with Crippen molar-refractivity contribution in [2.24, 2.45) is 0 Å². The molecule has 0 atom stereocenters. The van der Waals surface area contributed by atoms with Crippen LogP contribution in [0.25, 0.3) is 0 Å². The predicted octanol–water partition coefficient (Wildman–Crippen LogP) is 3.58. The molecule has 0 aromatic heterocycles. The van der Waals surface area contributed by atoms with Crippen LogP contribution in [0.5, 0.6) is 0 Å². The van der Waals surface area contributed by atoms with Gasteiger partial charge in [0.2, 0.25) is 0 Å². The molecule has 0 bridgehead atoms. The fourth-order valence-corrected chi connectivity index (χ4v) is 1.62. The maximum Gasteiger partial charge on any atom is 2.00 e. The molecule has 0 radical (unpaired) electrons. The molecule has 58 valence electrons. The minimum atomic E-state index is 0. The largest absolute Gasteiger partial charge is 2.00 e. The van der Waals surface area contributed by atoms with Crippen molar-refractivity contribution < 1.29 is 2.85 Å². The molecule has 1 aromatic rings. The van der Waals surface area contributed by atoms with Gasteiger partial charge in [0.25, 0.3) is 0 Å². The van der Waals surface area contributed by atoms with Gasteiger partial charge in [0, 0.05) is 15.6 Å². The van der Waals surface area contributed by atoms with Crippen LogP contribution in [0.15, 0.2) is 18.2 Å². The fraction of sp³-hybridized carbons (Fsp3) is 0.143. The molecular weight excluding hydrogens is 215 g/mol. The van der Waals surface area contributed by atoms with Crippen molar-refractivity contribution in [3.63, 3.8) is 0 Å². The summed E-state index contributed by atoms with van der Waals surface area (Å²) in [7, 11) is 0. The van der Waals surface area contributed by atoms with Crippen LogP contribution in [-0.2, 0) is 5.88 Å². The van der Waals surface area contributed by atoms with Crippen LogP contribution >= 0.6 is 34.8 Å². The normalized spacial score (nSPS) is 9.00. The van der Waals surface area contributed by atoms with Gasteiger partial charge in [0.05, 0.1) is 5.88 Å². The summed E-state index contributed by atoms with van der Waals surface area (Å²) in [6, 6.07) is 5.33. The molecule has 0 fully saturated rings. The second-order valence-electron chi connectivity index (χ2n) is 1.83. The molecule has 0 aliphatic rings. The van der Waals surface area contributed by atoms with E-state index in [1.807, 2.05) is 0 Å². The average Bonchev–Trinajstić information content (AvgIpc) is 1.88. The van der Waals surface area contributed by atoms with E-state index < -0.39 is 0 Å². The molecule has 4 heteroatoms. The SMILES string of the molecule is ClCc1c(Cl)cccc1Cl.[H-].[H-].[Mg+2]. The third-order valence-electron chi connectivity index (χ3n) is 1.20. The molecule has 0 N–H and O–H groups in total. The third kappa shape index (κ3) is 3.00. The van der Waals surface area contributed by atoms with Gasteiger partial charge in [0.1, 0.15) is 0 Å². The standard InChI is InChI=1S/C7H5Cl3.Mg.2H/c8-4-5-6(9)2-1-3-7(5)10;;;/h1-3H,4H2;;;/q;+2;2*-1. The number of alkyl halides is 1. The van der Waals surface area contributed by atoms with Crippen LogP contribution in [0.2, 0.25) is 10.0 Å². The monoisotopic (exact) mass is 220 g/mol. The minimum absolute atomic E-state index is 0. The molecule has 0 unspecified atom stereocenters. The molecule has 0 amide bonds. The molecule has 1 rings (SSSR count). The molecule has 0 saturated heterocycles. The van der Waals surface area contributed by atoms with Gasteiger partial charge in [0.15, 0.2) is 0 Å². The Bertz CT molecular complexity index is 225. The Balaban J connectivity index is -0.000000333. The topological polar surface area (TPSA) is 0 Å². The van der Waals surface area contributed by atoms with Crippen molar-refractivity contribution in [1.82, 2.24) is 0 Å². The molecule has 0 spiro atoms. The summed E-state index contributed by atoms with van der Waals surface area (Å²) >= 11 is 17.1. The van der Waals surface area contributed by atoms with E-state index in [4.69, 9.17) is 34.8 Å². The van der Waals surface area contributed by atoms with Gasteiger partial charge in [-0.15, -0.1) is 11.6 Å². The first-order chi connectivity index (χ1) is 4.75. The number of hydrogen-bond acceptors (Lipinski definition) is 0. The van der Waals surface area contributed by atoms with E-state index in [0.717, 1.165) is 5.56 Å². The molecule has 0 saturated carbocycles. The van der Waals surface area contributed by atoms with E-state index in [1.165, 1.54) is 0 Å². The summed E-state index contributed by atoms with van der Waals surface area (Å²) in [6.07, 6.45) is 0. The Morgan fingerprint density at radius 1 is 1.18 bits per heavy atom. The van der Waals surface area contributed by atoms with Crippen molar-refractivity contribution in [3.8, 4) is 0 Å². The maximum absolute atomic E-state index is 5.76. The number of hydrogen-bond donors (Lipinski definition) is 0. The molecule has 11 heavy (non-hydrogen) atoms. The first-order valence-corrected chi connectivity index (χ1v) is 4.03. The van der Waals surface area contributed by atoms with Crippen LogP contribution < -0.4 is 0 Å². The van der Waals surface area contributed by atoms with Crippen LogP contribution in [0.4, 0.5) is 0 Å². The van der Waals surface area contributed by atoms with E-state index in [1.54, 1.807) is 18.2 Å². The molecule has 0 aliphatic heterocycles. The average molecular weight is 222 g/mol. The summed E-state index contributed by atoms with van der Waals surface area (Å²) in [5, 5.41) is 1.25. The summed E-state index contributed by atoms with van der Waals surface area (Å²) in [4.78, 5) is 0. The van der Waals surface area contributed by atoms with Crippen LogP contribution in [0, 0.1) is 0 Å².